The smallest absolute Gasteiger partial charge is 0.0393 e. The van der Waals surface area contributed by atoms with E-state index in [9.17, 15) is 0 Å². The highest BCUT2D eigenvalue weighted by Crippen LogP contribution is 2.26. The minimum Gasteiger partial charge on any atom is -0.256 e. The number of halogens is 1. The molecule has 1 aromatic rings. The van der Waals surface area contributed by atoms with Crippen molar-refractivity contribution in [2.24, 2.45) is 0 Å². The Labute approximate surface area is 112 Å². The maximum Gasteiger partial charge on any atom is 0.0393 e. The van der Waals surface area contributed by atoms with Crippen molar-refractivity contribution in [1.29, 1.82) is 0 Å². The summed E-state index contributed by atoms with van der Waals surface area (Å²) in [4.78, 5) is 0. The summed E-state index contributed by atoms with van der Waals surface area (Å²) in [5, 5.41) is 0. The van der Waals surface area contributed by atoms with E-state index in [1.807, 2.05) is 0 Å². The van der Waals surface area contributed by atoms with Crippen LogP contribution >= 0.6 is 27.9 Å². The van der Waals surface area contributed by atoms with Crippen LogP contribution in [-0.4, -0.2) is 4.75 Å². The number of benzene rings is 1. The lowest BCUT2D eigenvalue weighted by Gasteiger charge is -2.22. The highest BCUT2D eigenvalue weighted by Gasteiger charge is 2.13. The van der Waals surface area contributed by atoms with Crippen LogP contribution in [0.3, 0.4) is 0 Å². The molecular weight excluding hydrogens is 282 g/mol. The van der Waals surface area contributed by atoms with Gasteiger partial charge in [-0.25, -0.2) is 0 Å². The Balaban J connectivity index is 2.66. The maximum absolute atomic E-state index is 3.52. The molecule has 90 valence electrons. The van der Waals surface area contributed by atoms with E-state index in [0.717, 1.165) is 0 Å². The molecule has 0 aromatic heterocycles. The predicted molar refractivity (Wildman–Crippen MR) is 77.8 cm³/mol. The zero-order chi connectivity index (χ0) is 12.3. The predicted octanol–water partition coefficient (Wildman–Crippen LogP) is 4.85. The van der Waals surface area contributed by atoms with Crippen LogP contribution in [0.5, 0.6) is 0 Å². The van der Waals surface area contributed by atoms with Crippen molar-refractivity contribution in [2.75, 3.05) is 0 Å². The average molecular weight is 302 g/mol. The van der Waals surface area contributed by atoms with E-state index >= 15 is 0 Å². The van der Waals surface area contributed by atoms with Gasteiger partial charge in [-0.2, -0.15) is 0 Å². The minimum absolute atomic E-state index is 0.249. The zero-order valence-electron chi connectivity index (χ0n) is 10.6. The minimum atomic E-state index is 0.249. The summed E-state index contributed by atoms with van der Waals surface area (Å²) in [5.74, 6) is 0. The molecule has 1 N–H and O–H groups in total. The van der Waals surface area contributed by atoms with Crippen molar-refractivity contribution in [1.82, 2.24) is 4.72 Å². The van der Waals surface area contributed by atoms with Gasteiger partial charge in [0.1, 0.15) is 0 Å². The molecule has 0 fully saturated rings. The molecule has 3 heteroatoms. The van der Waals surface area contributed by atoms with Crippen LogP contribution in [0.4, 0.5) is 0 Å². The molecule has 0 spiro atoms. The molecule has 1 nitrogen and oxygen atoms in total. The fourth-order valence-corrected chi connectivity index (χ4v) is 2.18. The van der Waals surface area contributed by atoms with Crippen molar-refractivity contribution in [3.63, 3.8) is 0 Å². The highest BCUT2D eigenvalue weighted by atomic mass is 79.9. The molecule has 0 aliphatic heterocycles. The summed E-state index contributed by atoms with van der Waals surface area (Å²) < 4.78 is 4.91. The van der Waals surface area contributed by atoms with Gasteiger partial charge in [0, 0.05) is 15.3 Å². The second-order valence-electron chi connectivity index (χ2n) is 5.06. The van der Waals surface area contributed by atoms with Gasteiger partial charge in [0.25, 0.3) is 0 Å². The summed E-state index contributed by atoms with van der Waals surface area (Å²) >= 11 is 5.31. The summed E-state index contributed by atoms with van der Waals surface area (Å²) in [6.45, 7) is 11.0. The van der Waals surface area contributed by atoms with Gasteiger partial charge < -0.3 is 0 Å². The second kappa shape index (κ2) is 5.56. The lowest BCUT2D eigenvalue weighted by molar-refractivity contribution is 0.723. The number of hydrogen-bond donors (Lipinski definition) is 1. The van der Waals surface area contributed by atoms with Crippen LogP contribution in [0, 0.1) is 6.92 Å². The van der Waals surface area contributed by atoms with Crippen LogP contribution in [-0.2, 0) is 0 Å². The van der Waals surface area contributed by atoms with E-state index in [4.69, 9.17) is 0 Å². The highest BCUT2D eigenvalue weighted by molar-refractivity contribution is 9.10. The summed E-state index contributed by atoms with van der Waals surface area (Å²) in [6, 6.07) is 6.88. The van der Waals surface area contributed by atoms with Crippen molar-refractivity contribution in [3.05, 3.63) is 33.8 Å². The van der Waals surface area contributed by atoms with Crippen LogP contribution in [0.2, 0.25) is 0 Å². The largest absolute Gasteiger partial charge is 0.256 e. The average Bonchev–Trinajstić information content (AvgIpc) is 2.17. The Kier molecular flexibility index (Phi) is 4.89. The summed E-state index contributed by atoms with van der Waals surface area (Å²) in [7, 11) is 0. The monoisotopic (exact) mass is 301 g/mol. The van der Waals surface area contributed by atoms with E-state index < -0.39 is 0 Å². The van der Waals surface area contributed by atoms with Gasteiger partial charge in [-0.15, -0.1) is 0 Å². The van der Waals surface area contributed by atoms with Gasteiger partial charge in [-0.1, -0.05) is 40.0 Å². The first-order valence-electron chi connectivity index (χ1n) is 5.49. The van der Waals surface area contributed by atoms with Gasteiger partial charge in [0.15, 0.2) is 0 Å². The Morgan fingerprint density at radius 2 is 1.94 bits per heavy atom. The lowest BCUT2D eigenvalue weighted by atomic mass is 10.1. The zero-order valence-corrected chi connectivity index (χ0v) is 13.0. The van der Waals surface area contributed by atoms with Gasteiger partial charge in [0.2, 0.25) is 0 Å². The van der Waals surface area contributed by atoms with Crippen molar-refractivity contribution in [3.8, 4) is 0 Å². The molecular formula is C13H20BrNS. The molecule has 1 rings (SSSR count). The molecule has 1 aromatic carbocycles. The fourth-order valence-electron chi connectivity index (χ4n) is 1.27. The lowest BCUT2D eigenvalue weighted by Crippen LogP contribution is -2.19. The van der Waals surface area contributed by atoms with E-state index in [1.54, 1.807) is 11.9 Å². The van der Waals surface area contributed by atoms with Crippen molar-refractivity contribution < 1.29 is 0 Å². The molecule has 0 radical (unpaired) electrons. The quantitative estimate of drug-likeness (QED) is 0.801. The second-order valence-corrected chi connectivity index (χ2v) is 7.58. The Morgan fingerprint density at radius 1 is 1.31 bits per heavy atom. The van der Waals surface area contributed by atoms with E-state index in [0.29, 0.717) is 6.04 Å². The van der Waals surface area contributed by atoms with Crippen molar-refractivity contribution >= 4 is 27.9 Å². The molecule has 0 aliphatic rings. The molecule has 0 saturated heterocycles. The molecule has 0 heterocycles. The third kappa shape index (κ3) is 4.48. The topological polar surface area (TPSA) is 12.0 Å². The van der Waals surface area contributed by atoms with E-state index in [-0.39, 0.29) is 4.75 Å². The number of nitrogens with one attached hydrogen (secondary N) is 1. The molecule has 0 amide bonds. The first-order valence-corrected chi connectivity index (χ1v) is 7.10. The fraction of sp³-hybridized carbons (Fsp3) is 0.538. The van der Waals surface area contributed by atoms with Crippen molar-refractivity contribution in [2.45, 2.75) is 45.4 Å². The SMILES string of the molecule is Cc1cc(C(C)NSC(C)(C)C)ccc1Br. The molecule has 1 unspecified atom stereocenters. The first kappa shape index (κ1) is 14.1. The third-order valence-electron chi connectivity index (χ3n) is 2.22. The normalized spacial score (nSPS) is 13.9. The van der Waals surface area contributed by atoms with Crippen LogP contribution < -0.4 is 4.72 Å². The Hall–Kier alpha value is 0.01000. The van der Waals surface area contributed by atoms with Crippen LogP contribution in [0.25, 0.3) is 0 Å². The Morgan fingerprint density at radius 3 is 2.44 bits per heavy atom. The summed E-state index contributed by atoms with van der Waals surface area (Å²) in [5.41, 5.74) is 2.62. The van der Waals surface area contributed by atoms with Gasteiger partial charge in [-0.05, 0) is 51.8 Å². The Bertz CT molecular complexity index is 357. The number of rotatable bonds is 3. The first-order chi connectivity index (χ1) is 7.29. The third-order valence-corrected chi connectivity index (χ3v) is 4.20. The van der Waals surface area contributed by atoms with Gasteiger partial charge >= 0.3 is 0 Å². The standard InChI is InChI=1S/C13H20BrNS/c1-9-8-11(6-7-12(9)14)10(2)15-16-13(3,4)5/h6-8,10,15H,1-5H3. The molecule has 0 aliphatic carbocycles. The molecule has 16 heavy (non-hydrogen) atoms. The molecule has 0 bridgehead atoms. The van der Waals surface area contributed by atoms with Crippen LogP contribution in [0.15, 0.2) is 22.7 Å². The maximum atomic E-state index is 3.52. The number of hydrogen-bond acceptors (Lipinski definition) is 2. The number of aryl methyl sites for hydroxylation is 1. The van der Waals surface area contributed by atoms with Gasteiger partial charge in [-0.3, -0.25) is 4.72 Å². The van der Waals surface area contributed by atoms with E-state index in [2.05, 4.69) is 73.5 Å². The molecule has 0 saturated carbocycles. The summed E-state index contributed by atoms with van der Waals surface area (Å²) in [6.07, 6.45) is 0. The van der Waals surface area contributed by atoms with Crippen LogP contribution in [0.1, 0.15) is 44.9 Å². The van der Waals surface area contributed by atoms with Gasteiger partial charge in [0.05, 0.1) is 0 Å². The van der Waals surface area contributed by atoms with E-state index in [1.165, 1.54) is 15.6 Å². The molecule has 1 atom stereocenters.